The van der Waals surface area contributed by atoms with Crippen LogP contribution >= 0.6 is 0 Å². The lowest BCUT2D eigenvalue weighted by molar-refractivity contribution is 0.273. The molecule has 1 aliphatic rings. The first-order valence-corrected chi connectivity index (χ1v) is 11.1. The Morgan fingerprint density at radius 3 is 1.79 bits per heavy atom. The van der Waals surface area contributed by atoms with Gasteiger partial charge in [0.25, 0.3) is 0 Å². The second-order valence-electron chi connectivity index (χ2n) is 7.91. The maximum absolute atomic E-state index is 5.62. The predicted octanol–water partition coefficient (Wildman–Crippen LogP) is 7.90. The molecule has 0 radical (unpaired) electrons. The molecule has 2 heteroatoms. The minimum Gasteiger partial charge on any atom is -0.478 e. The summed E-state index contributed by atoms with van der Waals surface area (Å²) in [4.78, 5) is 4.60. The minimum absolute atomic E-state index is 0.00979. The molecule has 0 saturated carbocycles. The van der Waals surface area contributed by atoms with Gasteiger partial charge < -0.3 is 4.74 Å². The molecule has 1 rings (SSSR count). The largest absolute Gasteiger partial charge is 0.478 e. The van der Waals surface area contributed by atoms with Gasteiger partial charge in [-0.05, 0) is 65.2 Å². The van der Waals surface area contributed by atoms with Crippen molar-refractivity contribution in [1.29, 1.82) is 0 Å². The van der Waals surface area contributed by atoms with Crippen molar-refractivity contribution in [2.24, 2.45) is 4.99 Å². The fraction of sp³-hybridized carbons (Fsp3) is 0.577. The van der Waals surface area contributed by atoms with Crippen molar-refractivity contribution in [2.45, 2.75) is 90.5 Å². The molecule has 0 amide bonds. The summed E-state index contributed by atoms with van der Waals surface area (Å²) in [6.45, 7) is 7.16. The van der Waals surface area contributed by atoms with E-state index in [1.165, 1.54) is 25.7 Å². The molecule has 28 heavy (non-hydrogen) atoms. The standard InChI is InChI=1S/C26H41NO/c1-4-5-6-7-8-9-10-11-12-13-14-15-16-17-18-19-20-21-22-23-25-27-26(2,3)24-28-25/h5-6,8-9,11-12,14-15,17-18H,4,7,10,13,16,19-24H2,1-3H3/b6-5-,9-8-,12-11-,15-14-,18-17-. The van der Waals surface area contributed by atoms with Crippen molar-refractivity contribution >= 4 is 5.90 Å². The first kappa shape index (κ1) is 24.2. The number of ether oxygens (including phenoxy) is 1. The van der Waals surface area contributed by atoms with E-state index in [0.717, 1.165) is 51.0 Å². The topological polar surface area (TPSA) is 21.6 Å². The van der Waals surface area contributed by atoms with Gasteiger partial charge in [-0.15, -0.1) is 0 Å². The average molecular weight is 384 g/mol. The lowest BCUT2D eigenvalue weighted by Gasteiger charge is -2.07. The summed E-state index contributed by atoms with van der Waals surface area (Å²) in [5.74, 6) is 0.958. The second-order valence-corrected chi connectivity index (χ2v) is 7.91. The third-order valence-electron chi connectivity index (χ3n) is 4.44. The summed E-state index contributed by atoms with van der Waals surface area (Å²) in [7, 11) is 0. The zero-order chi connectivity index (χ0) is 20.3. The van der Waals surface area contributed by atoms with E-state index in [-0.39, 0.29) is 5.54 Å². The Kier molecular flexibility index (Phi) is 14.0. The van der Waals surface area contributed by atoms with E-state index in [1.807, 2.05) is 0 Å². The molecule has 0 unspecified atom stereocenters. The number of unbranched alkanes of at least 4 members (excludes halogenated alkanes) is 3. The minimum atomic E-state index is -0.00979. The van der Waals surface area contributed by atoms with Gasteiger partial charge in [-0.1, -0.05) is 74.1 Å². The lowest BCUT2D eigenvalue weighted by atomic mass is 10.1. The molecule has 0 N–H and O–H groups in total. The van der Waals surface area contributed by atoms with Crippen molar-refractivity contribution in [3.63, 3.8) is 0 Å². The van der Waals surface area contributed by atoms with Crippen LogP contribution in [0.25, 0.3) is 0 Å². The summed E-state index contributed by atoms with van der Waals surface area (Å²) in [5, 5.41) is 0. The van der Waals surface area contributed by atoms with Gasteiger partial charge in [0.2, 0.25) is 0 Å². The number of nitrogens with zero attached hydrogens (tertiary/aromatic N) is 1. The zero-order valence-corrected chi connectivity index (χ0v) is 18.4. The maximum atomic E-state index is 5.62. The van der Waals surface area contributed by atoms with E-state index in [2.05, 4.69) is 86.5 Å². The van der Waals surface area contributed by atoms with E-state index >= 15 is 0 Å². The molecule has 0 aromatic carbocycles. The van der Waals surface area contributed by atoms with Gasteiger partial charge in [-0.25, -0.2) is 4.99 Å². The van der Waals surface area contributed by atoms with Gasteiger partial charge in [0.15, 0.2) is 5.90 Å². The van der Waals surface area contributed by atoms with Crippen LogP contribution in [0.2, 0.25) is 0 Å². The van der Waals surface area contributed by atoms with Gasteiger partial charge in [0.05, 0.1) is 5.54 Å². The van der Waals surface area contributed by atoms with E-state index in [4.69, 9.17) is 4.74 Å². The number of rotatable bonds is 15. The molecule has 1 heterocycles. The second kappa shape index (κ2) is 16.2. The van der Waals surface area contributed by atoms with E-state index < -0.39 is 0 Å². The summed E-state index contributed by atoms with van der Waals surface area (Å²) in [6.07, 6.45) is 33.6. The summed E-state index contributed by atoms with van der Waals surface area (Å²) in [6, 6.07) is 0. The molecule has 0 bridgehead atoms. The van der Waals surface area contributed by atoms with Gasteiger partial charge in [-0.2, -0.15) is 0 Å². The monoisotopic (exact) mass is 383 g/mol. The highest BCUT2D eigenvalue weighted by Crippen LogP contribution is 2.19. The van der Waals surface area contributed by atoms with Crippen LogP contribution in [0.15, 0.2) is 65.8 Å². The molecule has 1 aliphatic heterocycles. The number of hydrogen-bond acceptors (Lipinski definition) is 2. The average Bonchev–Trinajstić information content (AvgIpc) is 3.02. The van der Waals surface area contributed by atoms with E-state index in [1.54, 1.807) is 0 Å². The fourth-order valence-electron chi connectivity index (χ4n) is 2.87. The number of aliphatic imine (C=N–C) groups is 1. The third-order valence-corrected chi connectivity index (χ3v) is 4.44. The predicted molar refractivity (Wildman–Crippen MR) is 125 cm³/mol. The Bertz CT molecular complexity index is 561. The first-order valence-electron chi connectivity index (χ1n) is 11.1. The van der Waals surface area contributed by atoms with E-state index in [0.29, 0.717) is 0 Å². The molecule has 0 aliphatic carbocycles. The summed E-state index contributed by atoms with van der Waals surface area (Å²) in [5.41, 5.74) is -0.00979. The van der Waals surface area contributed by atoms with Crippen LogP contribution in [0.5, 0.6) is 0 Å². The van der Waals surface area contributed by atoms with Crippen molar-refractivity contribution in [2.75, 3.05) is 6.61 Å². The third kappa shape index (κ3) is 14.3. The quantitative estimate of drug-likeness (QED) is 0.208. The van der Waals surface area contributed by atoms with Crippen molar-refractivity contribution < 1.29 is 4.74 Å². The highest BCUT2D eigenvalue weighted by Gasteiger charge is 2.25. The molecular weight excluding hydrogens is 342 g/mol. The van der Waals surface area contributed by atoms with Gasteiger partial charge in [0, 0.05) is 6.42 Å². The highest BCUT2D eigenvalue weighted by molar-refractivity contribution is 5.78. The van der Waals surface area contributed by atoms with Crippen molar-refractivity contribution in [3.05, 3.63) is 60.8 Å². The number of hydrogen-bond donors (Lipinski definition) is 0. The highest BCUT2D eigenvalue weighted by atomic mass is 16.5. The Morgan fingerprint density at radius 2 is 1.29 bits per heavy atom. The van der Waals surface area contributed by atoms with Crippen molar-refractivity contribution in [1.82, 2.24) is 0 Å². The molecule has 0 aromatic rings. The Morgan fingerprint density at radius 1 is 0.750 bits per heavy atom. The molecule has 2 nitrogen and oxygen atoms in total. The van der Waals surface area contributed by atoms with Crippen LogP contribution in [-0.2, 0) is 4.74 Å². The van der Waals surface area contributed by atoms with Crippen LogP contribution in [0.4, 0.5) is 0 Å². The van der Waals surface area contributed by atoms with Crippen molar-refractivity contribution in [3.8, 4) is 0 Å². The van der Waals surface area contributed by atoms with Crippen LogP contribution < -0.4 is 0 Å². The lowest BCUT2D eigenvalue weighted by Crippen LogP contribution is -2.17. The summed E-state index contributed by atoms with van der Waals surface area (Å²) >= 11 is 0. The zero-order valence-electron chi connectivity index (χ0n) is 18.4. The molecule has 0 atom stereocenters. The Labute approximate surface area is 173 Å². The van der Waals surface area contributed by atoms with E-state index in [9.17, 15) is 0 Å². The van der Waals surface area contributed by atoms with Crippen LogP contribution in [0, 0.1) is 0 Å². The van der Waals surface area contributed by atoms with Gasteiger partial charge in [-0.3, -0.25) is 0 Å². The molecule has 0 aromatic heterocycles. The molecular formula is C26H41NO. The van der Waals surface area contributed by atoms with Crippen LogP contribution in [-0.4, -0.2) is 18.0 Å². The SMILES string of the molecule is CC/C=C\C/C=C\C/C=C\C/C=C\C/C=C\CCCCCC1=NC(C)(C)CO1. The van der Waals surface area contributed by atoms with Crippen LogP contribution in [0.1, 0.15) is 85.0 Å². The molecule has 0 saturated heterocycles. The Hall–Kier alpha value is -1.83. The Balaban J connectivity index is 1.91. The first-order chi connectivity index (χ1) is 13.6. The molecule has 0 fully saturated rings. The van der Waals surface area contributed by atoms with Gasteiger partial charge >= 0.3 is 0 Å². The fourth-order valence-corrected chi connectivity index (χ4v) is 2.87. The number of allylic oxidation sites excluding steroid dienone is 10. The van der Waals surface area contributed by atoms with Gasteiger partial charge in [0.1, 0.15) is 6.61 Å². The van der Waals surface area contributed by atoms with Crippen LogP contribution in [0.3, 0.4) is 0 Å². The summed E-state index contributed by atoms with van der Waals surface area (Å²) < 4.78 is 5.62. The maximum Gasteiger partial charge on any atom is 0.183 e. The molecule has 0 spiro atoms. The molecule has 156 valence electrons. The smallest absolute Gasteiger partial charge is 0.183 e. The normalized spacial score (nSPS) is 17.0.